The van der Waals surface area contributed by atoms with Gasteiger partial charge in [0, 0.05) is 12.1 Å². The molecule has 2 heterocycles. The second kappa shape index (κ2) is 5.99. The number of fused-ring (bicyclic) bond motifs is 1. The van der Waals surface area contributed by atoms with Gasteiger partial charge in [-0.25, -0.2) is 4.39 Å². The predicted molar refractivity (Wildman–Crippen MR) is 72.8 cm³/mol. The molecular weight excluding hydrogens is 213 g/mol. The summed E-state index contributed by atoms with van der Waals surface area (Å²) in [6.07, 6.45) is 4.77. The van der Waals surface area contributed by atoms with Crippen LogP contribution in [0.1, 0.15) is 60.3 Å². The summed E-state index contributed by atoms with van der Waals surface area (Å²) >= 11 is 0. The molecule has 2 heteroatoms. The first-order valence-corrected chi connectivity index (χ1v) is 7.13. The molecule has 2 aliphatic heterocycles. The molecule has 1 nitrogen and oxygen atoms in total. The largest absolute Gasteiger partial charge is 0.293 e. The smallest absolute Gasteiger partial charge is 0.0974 e. The predicted octanol–water partition coefficient (Wildman–Crippen LogP) is 4.54. The van der Waals surface area contributed by atoms with Gasteiger partial charge in [-0.3, -0.25) is 4.90 Å². The minimum absolute atomic E-state index is 0.0625. The number of allylic oxidation sites excluding steroid dienone is 1. The molecule has 100 valence electrons. The van der Waals surface area contributed by atoms with E-state index < -0.39 is 0 Å². The van der Waals surface area contributed by atoms with Gasteiger partial charge in [0.05, 0.1) is 5.83 Å². The van der Waals surface area contributed by atoms with E-state index in [1.165, 1.54) is 25.8 Å². The van der Waals surface area contributed by atoms with Crippen LogP contribution in [0, 0.1) is 5.92 Å². The van der Waals surface area contributed by atoms with Crippen molar-refractivity contribution >= 4 is 0 Å². The monoisotopic (exact) mass is 241 g/mol. The fraction of sp³-hybridized carbons (Fsp3) is 0.867. The van der Waals surface area contributed by atoms with Gasteiger partial charge in [0.25, 0.3) is 0 Å². The zero-order valence-corrected chi connectivity index (χ0v) is 12.1. The molecule has 0 aromatic carbocycles. The van der Waals surface area contributed by atoms with Crippen molar-refractivity contribution in [1.82, 2.24) is 4.90 Å². The zero-order valence-electron chi connectivity index (χ0n) is 12.1. The van der Waals surface area contributed by atoms with Crippen molar-refractivity contribution < 1.29 is 4.39 Å². The molecule has 0 aromatic rings. The van der Waals surface area contributed by atoms with Gasteiger partial charge in [-0.2, -0.15) is 0 Å². The average Bonchev–Trinajstić information content (AvgIpc) is 2.75. The highest BCUT2D eigenvalue weighted by molar-refractivity contribution is 5.22. The van der Waals surface area contributed by atoms with Gasteiger partial charge < -0.3 is 0 Å². The van der Waals surface area contributed by atoms with Crippen molar-refractivity contribution in [2.45, 2.75) is 65.8 Å². The van der Waals surface area contributed by atoms with Crippen molar-refractivity contribution in [1.29, 1.82) is 0 Å². The van der Waals surface area contributed by atoms with Crippen LogP contribution in [0.5, 0.6) is 0 Å². The van der Waals surface area contributed by atoms with Gasteiger partial charge in [-0.1, -0.05) is 27.7 Å². The van der Waals surface area contributed by atoms with Crippen LogP contribution in [-0.2, 0) is 0 Å². The molecule has 17 heavy (non-hydrogen) atoms. The minimum Gasteiger partial charge on any atom is -0.293 e. The molecule has 2 fully saturated rings. The van der Waals surface area contributed by atoms with E-state index in [1.54, 1.807) is 6.92 Å². The van der Waals surface area contributed by atoms with Crippen molar-refractivity contribution in [3.63, 3.8) is 0 Å². The highest BCUT2D eigenvalue weighted by Crippen LogP contribution is 2.45. The van der Waals surface area contributed by atoms with Gasteiger partial charge in [-0.15, -0.1) is 0 Å². The normalized spacial score (nSPS) is 31.2. The maximum absolute atomic E-state index is 13.3. The Morgan fingerprint density at radius 3 is 2.59 bits per heavy atom. The third kappa shape index (κ3) is 3.09. The van der Waals surface area contributed by atoms with Gasteiger partial charge in [-0.05, 0) is 50.6 Å². The Balaban J connectivity index is 0.000000686. The van der Waals surface area contributed by atoms with Crippen LogP contribution in [0.25, 0.3) is 0 Å². The molecule has 0 saturated carbocycles. The Bertz CT molecular complexity index is 279. The van der Waals surface area contributed by atoms with Crippen molar-refractivity contribution in [2.24, 2.45) is 5.92 Å². The van der Waals surface area contributed by atoms with Crippen LogP contribution < -0.4 is 0 Å². The van der Waals surface area contributed by atoms with Crippen molar-refractivity contribution in [3.8, 4) is 0 Å². The van der Waals surface area contributed by atoms with Crippen LogP contribution in [0.2, 0.25) is 0 Å². The molecule has 1 atom stereocenters. The lowest BCUT2D eigenvalue weighted by Gasteiger charge is -2.33. The Morgan fingerprint density at radius 2 is 2.06 bits per heavy atom. The van der Waals surface area contributed by atoms with Crippen LogP contribution in [0.4, 0.5) is 4.39 Å². The number of hydrogen-bond acceptors (Lipinski definition) is 1. The van der Waals surface area contributed by atoms with E-state index in [1.807, 2.05) is 13.8 Å². The van der Waals surface area contributed by atoms with Gasteiger partial charge in [0.15, 0.2) is 0 Å². The van der Waals surface area contributed by atoms with E-state index in [2.05, 4.69) is 18.7 Å². The van der Waals surface area contributed by atoms with Crippen molar-refractivity contribution in [2.75, 3.05) is 13.1 Å². The van der Waals surface area contributed by atoms with E-state index in [0.29, 0.717) is 11.5 Å². The summed E-state index contributed by atoms with van der Waals surface area (Å²) in [5.41, 5.74) is 1.37. The number of hydrogen-bond donors (Lipinski definition) is 0. The summed E-state index contributed by atoms with van der Waals surface area (Å²) in [4.78, 5) is 2.52. The van der Waals surface area contributed by atoms with Crippen LogP contribution >= 0.6 is 0 Å². The third-order valence-electron chi connectivity index (χ3n) is 3.94. The van der Waals surface area contributed by atoms with E-state index in [9.17, 15) is 4.39 Å². The molecule has 0 aliphatic carbocycles. The molecule has 2 saturated heterocycles. The fourth-order valence-corrected chi connectivity index (χ4v) is 3.42. The topological polar surface area (TPSA) is 3.24 Å². The lowest BCUT2D eigenvalue weighted by molar-refractivity contribution is 0.163. The van der Waals surface area contributed by atoms with Crippen molar-refractivity contribution in [3.05, 3.63) is 11.4 Å². The van der Waals surface area contributed by atoms with E-state index >= 15 is 0 Å². The lowest BCUT2D eigenvalue weighted by atomic mass is 9.84. The van der Waals surface area contributed by atoms with E-state index in [-0.39, 0.29) is 5.83 Å². The first-order valence-electron chi connectivity index (χ1n) is 7.13. The molecule has 0 unspecified atom stereocenters. The van der Waals surface area contributed by atoms with Crippen LogP contribution in [0.3, 0.4) is 0 Å². The number of nitrogens with zero attached hydrogens (tertiary/aromatic N) is 1. The summed E-state index contributed by atoms with van der Waals surface area (Å²) in [5.74, 6) is 0.775. The molecule has 2 aliphatic rings. The van der Waals surface area contributed by atoms with Crippen LogP contribution in [0.15, 0.2) is 11.4 Å². The van der Waals surface area contributed by atoms with Gasteiger partial charge >= 0.3 is 0 Å². The first-order chi connectivity index (χ1) is 8.03. The summed E-state index contributed by atoms with van der Waals surface area (Å²) in [6.45, 7) is 12.2. The summed E-state index contributed by atoms with van der Waals surface area (Å²) in [6, 6.07) is 0. The molecule has 0 amide bonds. The average molecular weight is 241 g/mol. The Kier molecular flexibility index (Phi) is 5.18. The highest BCUT2D eigenvalue weighted by atomic mass is 19.1. The molecular formula is C15H28FN. The summed E-state index contributed by atoms with van der Waals surface area (Å²) < 4.78 is 13.3. The maximum Gasteiger partial charge on any atom is 0.0974 e. The first kappa shape index (κ1) is 14.7. The zero-order chi connectivity index (χ0) is 13.1. The highest BCUT2D eigenvalue weighted by Gasteiger charge is 2.46. The standard InChI is InChI=1S/C13H22FN.C2H6/c1-10(2)7-13-5-4-6-15(13)9-12(8-13)11(3)14;1-2/h10H,4-9H2,1-3H3;1-2H3/b12-11-;/t13-;/m1./s1. The number of halogens is 1. The Morgan fingerprint density at radius 1 is 1.41 bits per heavy atom. The fourth-order valence-electron chi connectivity index (χ4n) is 3.42. The molecule has 0 aromatic heterocycles. The Hall–Kier alpha value is -0.370. The summed E-state index contributed by atoms with van der Waals surface area (Å²) in [7, 11) is 0. The second-order valence-electron chi connectivity index (χ2n) is 5.66. The van der Waals surface area contributed by atoms with Gasteiger partial charge in [0.2, 0.25) is 0 Å². The third-order valence-corrected chi connectivity index (χ3v) is 3.94. The molecule has 0 spiro atoms. The molecule has 0 N–H and O–H groups in total. The second-order valence-corrected chi connectivity index (χ2v) is 5.66. The molecule has 0 radical (unpaired) electrons. The molecule has 0 bridgehead atoms. The minimum atomic E-state index is 0.0625. The number of rotatable bonds is 2. The Labute approximate surface area is 106 Å². The van der Waals surface area contributed by atoms with Gasteiger partial charge in [0.1, 0.15) is 0 Å². The maximum atomic E-state index is 13.3. The van der Waals surface area contributed by atoms with E-state index in [0.717, 1.165) is 18.5 Å². The lowest BCUT2D eigenvalue weighted by Crippen LogP contribution is -2.39. The quantitative estimate of drug-likeness (QED) is 0.686. The molecule has 2 rings (SSSR count). The SMILES string of the molecule is C/C(F)=C1/CN2CCC[C@@]2(CC(C)C)C1.CC. The van der Waals surface area contributed by atoms with Crippen LogP contribution in [-0.4, -0.2) is 23.5 Å². The van der Waals surface area contributed by atoms with E-state index in [4.69, 9.17) is 0 Å². The summed E-state index contributed by atoms with van der Waals surface area (Å²) in [5, 5.41) is 0.